The second kappa shape index (κ2) is 10.8. The summed E-state index contributed by atoms with van der Waals surface area (Å²) < 4.78 is 12.4. The second-order valence-corrected chi connectivity index (χ2v) is 13.3. The molecule has 3 aromatic carbocycles. The first-order valence-electron chi connectivity index (χ1n) is 11.1. The summed E-state index contributed by atoms with van der Waals surface area (Å²) in [5.74, 6) is 0.768. The first-order chi connectivity index (χ1) is 15.4. The predicted molar refractivity (Wildman–Crippen MR) is 135 cm³/mol. The summed E-state index contributed by atoms with van der Waals surface area (Å²) in [5, 5.41) is 13.2. The molecule has 0 spiro atoms. The lowest BCUT2D eigenvalue weighted by molar-refractivity contribution is 0.138. The largest absolute Gasteiger partial charge is 0.490 e. The van der Waals surface area contributed by atoms with E-state index in [1.807, 2.05) is 36.4 Å². The van der Waals surface area contributed by atoms with Crippen LogP contribution >= 0.6 is 0 Å². The van der Waals surface area contributed by atoms with Crippen LogP contribution < -0.4 is 15.1 Å². The van der Waals surface area contributed by atoms with E-state index in [9.17, 15) is 5.11 Å². The van der Waals surface area contributed by atoms with E-state index in [4.69, 9.17) is 9.16 Å². The lowest BCUT2D eigenvalue weighted by Gasteiger charge is -2.43. The van der Waals surface area contributed by atoms with Crippen LogP contribution in [0.4, 0.5) is 0 Å². The van der Waals surface area contributed by atoms with Crippen molar-refractivity contribution >= 4 is 18.7 Å². The molecule has 3 rings (SSSR count). The highest BCUT2D eigenvalue weighted by molar-refractivity contribution is 6.99. The second-order valence-electron chi connectivity index (χ2n) is 8.98. The Balaban J connectivity index is 1.81. The Labute approximate surface area is 193 Å². The summed E-state index contributed by atoms with van der Waals surface area (Å²) in [6.07, 6.45) is 1.64. The first kappa shape index (κ1) is 24.0. The molecule has 32 heavy (non-hydrogen) atoms. The molecule has 1 atom stereocenters. The van der Waals surface area contributed by atoms with Gasteiger partial charge in [-0.05, 0) is 39.5 Å². The maximum atomic E-state index is 10.8. The van der Waals surface area contributed by atoms with E-state index in [1.165, 1.54) is 10.4 Å². The molecule has 1 N–H and O–H groups in total. The van der Waals surface area contributed by atoms with Gasteiger partial charge in [-0.1, -0.05) is 106 Å². The van der Waals surface area contributed by atoms with Crippen molar-refractivity contribution in [2.24, 2.45) is 0 Å². The Hall–Kier alpha value is -2.66. The summed E-state index contributed by atoms with van der Waals surface area (Å²) in [6.45, 7) is 11.4. The number of ether oxygens (including phenoxy) is 1. The minimum absolute atomic E-state index is 0.0786. The lowest BCUT2D eigenvalue weighted by Crippen LogP contribution is -2.66. The lowest BCUT2D eigenvalue weighted by atomic mass is 10.1. The van der Waals surface area contributed by atoms with Gasteiger partial charge in [0.25, 0.3) is 8.32 Å². The molecule has 1 unspecified atom stereocenters. The zero-order chi connectivity index (χ0) is 23.0. The summed E-state index contributed by atoms with van der Waals surface area (Å²) in [4.78, 5) is 0. The molecule has 3 nitrogen and oxygen atoms in total. The van der Waals surface area contributed by atoms with Crippen molar-refractivity contribution in [2.45, 2.75) is 38.3 Å². The zero-order valence-corrected chi connectivity index (χ0v) is 20.3. The number of aliphatic hydroxyl groups is 1. The Morgan fingerprint density at radius 2 is 1.41 bits per heavy atom. The summed E-state index contributed by atoms with van der Waals surface area (Å²) in [5.41, 5.74) is 0.863. The fourth-order valence-corrected chi connectivity index (χ4v) is 8.77. The van der Waals surface area contributed by atoms with E-state index >= 15 is 0 Å². The van der Waals surface area contributed by atoms with Crippen LogP contribution in [0.25, 0.3) is 0 Å². The molecule has 0 amide bonds. The minimum Gasteiger partial charge on any atom is -0.490 e. The Morgan fingerprint density at radius 1 is 0.875 bits per heavy atom. The zero-order valence-electron chi connectivity index (χ0n) is 19.3. The smallest absolute Gasteiger partial charge is 0.261 e. The molecule has 0 bridgehead atoms. The van der Waals surface area contributed by atoms with Gasteiger partial charge in [0.05, 0.1) is 6.10 Å². The fraction of sp³-hybridized carbons (Fsp3) is 0.286. The molecule has 0 heterocycles. The van der Waals surface area contributed by atoms with Crippen molar-refractivity contribution < 1.29 is 14.3 Å². The van der Waals surface area contributed by atoms with Crippen molar-refractivity contribution in [3.8, 4) is 5.75 Å². The predicted octanol–water partition coefficient (Wildman–Crippen LogP) is 5.25. The third-order valence-corrected chi connectivity index (χ3v) is 10.8. The van der Waals surface area contributed by atoms with Crippen LogP contribution in [-0.4, -0.2) is 26.6 Å². The summed E-state index contributed by atoms with van der Waals surface area (Å²) in [7, 11) is -2.58. The highest BCUT2D eigenvalue weighted by Gasteiger charge is 2.50. The monoisotopic (exact) mass is 446 g/mol. The molecule has 0 aromatic heterocycles. The maximum Gasteiger partial charge on any atom is 0.261 e. The van der Waals surface area contributed by atoms with Crippen LogP contribution in [0.5, 0.6) is 5.75 Å². The molecule has 0 saturated carbocycles. The van der Waals surface area contributed by atoms with Gasteiger partial charge in [-0.3, -0.25) is 0 Å². The molecule has 0 aliphatic carbocycles. The van der Waals surface area contributed by atoms with Crippen LogP contribution in [0.1, 0.15) is 38.9 Å². The van der Waals surface area contributed by atoms with Crippen molar-refractivity contribution in [1.82, 2.24) is 0 Å². The molecule has 0 fully saturated rings. The van der Waals surface area contributed by atoms with Gasteiger partial charge in [0.2, 0.25) is 0 Å². The van der Waals surface area contributed by atoms with Gasteiger partial charge in [-0.25, -0.2) is 0 Å². The Bertz CT molecular complexity index is 924. The van der Waals surface area contributed by atoms with Crippen LogP contribution in [0, 0.1) is 0 Å². The SMILES string of the molecule is C=CCOc1ccc(C(O)CCO[Si](c2ccccc2)(c2ccccc2)C(C)(C)C)cc1. The Kier molecular flexibility index (Phi) is 8.08. The summed E-state index contributed by atoms with van der Waals surface area (Å²) in [6, 6.07) is 28.7. The molecule has 0 radical (unpaired) electrons. The average Bonchev–Trinajstić information content (AvgIpc) is 2.81. The van der Waals surface area contributed by atoms with Gasteiger partial charge >= 0.3 is 0 Å². The number of aliphatic hydroxyl groups excluding tert-OH is 1. The van der Waals surface area contributed by atoms with Crippen molar-refractivity contribution in [1.29, 1.82) is 0 Å². The van der Waals surface area contributed by atoms with Gasteiger partial charge in [0.15, 0.2) is 0 Å². The Morgan fingerprint density at radius 3 is 1.88 bits per heavy atom. The molecule has 3 aromatic rings. The van der Waals surface area contributed by atoms with Crippen molar-refractivity contribution in [3.63, 3.8) is 0 Å². The van der Waals surface area contributed by atoms with Gasteiger partial charge in [0.1, 0.15) is 12.4 Å². The van der Waals surface area contributed by atoms with E-state index in [2.05, 4.69) is 75.9 Å². The van der Waals surface area contributed by atoms with Crippen LogP contribution in [0.3, 0.4) is 0 Å². The standard InChI is InChI=1S/C28H34O3Si/c1-5-21-30-24-18-16-23(17-19-24)27(29)20-22-31-32(28(2,3)4,25-12-8-6-9-13-25)26-14-10-7-11-15-26/h5-19,27,29H,1,20-22H2,2-4H3. The van der Waals surface area contributed by atoms with E-state index < -0.39 is 14.4 Å². The molecule has 4 heteroatoms. The van der Waals surface area contributed by atoms with Crippen LogP contribution in [0.2, 0.25) is 5.04 Å². The third-order valence-electron chi connectivity index (χ3n) is 5.76. The first-order valence-corrected chi connectivity index (χ1v) is 13.1. The highest BCUT2D eigenvalue weighted by atomic mass is 28.4. The number of benzene rings is 3. The fourth-order valence-electron chi connectivity index (χ4n) is 4.19. The molecule has 0 aliphatic rings. The van der Waals surface area contributed by atoms with Crippen LogP contribution in [-0.2, 0) is 4.43 Å². The van der Waals surface area contributed by atoms with Crippen molar-refractivity contribution in [3.05, 3.63) is 103 Å². The van der Waals surface area contributed by atoms with Gasteiger partial charge < -0.3 is 14.3 Å². The molecule has 0 aliphatic heterocycles. The molecular weight excluding hydrogens is 412 g/mol. The summed E-state index contributed by atoms with van der Waals surface area (Å²) >= 11 is 0. The molecule has 0 saturated heterocycles. The van der Waals surface area contributed by atoms with E-state index in [0.29, 0.717) is 19.6 Å². The minimum atomic E-state index is -2.58. The van der Waals surface area contributed by atoms with Gasteiger partial charge in [-0.2, -0.15) is 0 Å². The highest BCUT2D eigenvalue weighted by Crippen LogP contribution is 2.37. The number of hydrogen-bond donors (Lipinski definition) is 1. The number of hydrogen-bond acceptors (Lipinski definition) is 3. The average molecular weight is 447 g/mol. The maximum absolute atomic E-state index is 10.8. The quantitative estimate of drug-likeness (QED) is 0.341. The molecular formula is C28H34O3Si. The molecule has 168 valence electrons. The van der Waals surface area contributed by atoms with E-state index in [0.717, 1.165) is 11.3 Å². The van der Waals surface area contributed by atoms with Gasteiger partial charge in [0, 0.05) is 6.61 Å². The topological polar surface area (TPSA) is 38.7 Å². The normalized spacial score (nSPS) is 12.9. The number of rotatable bonds is 10. The van der Waals surface area contributed by atoms with Crippen LogP contribution in [0.15, 0.2) is 97.6 Å². The van der Waals surface area contributed by atoms with Crippen molar-refractivity contribution in [2.75, 3.05) is 13.2 Å². The third kappa shape index (κ3) is 5.39. The van der Waals surface area contributed by atoms with E-state index in [-0.39, 0.29) is 5.04 Å². The van der Waals surface area contributed by atoms with Gasteiger partial charge in [-0.15, -0.1) is 0 Å². The van der Waals surface area contributed by atoms with E-state index in [1.54, 1.807) is 6.08 Å².